The number of carbonyl (C=O) groups excluding carboxylic acids is 1. The van der Waals surface area contributed by atoms with Gasteiger partial charge in [-0.2, -0.15) is 4.68 Å². The first-order chi connectivity index (χ1) is 9.29. The molecule has 6 nitrogen and oxygen atoms in total. The van der Waals surface area contributed by atoms with Gasteiger partial charge < -0.3 is 4.74 Å². The Hall–Kier alpha value is -2.50. The number of carbonyl (C=O) groups is 1. The summed E-state index contributed by atoms with van der Waals surface area (Å²) in [5, 5.41) is 11.6. The Bertz CT molecular complexity index is 660. The summed E-state index contributed by atoms with van der Waals surface area (Å²) in [6.45, 7) is 2.13. The first-order valence-corrected chi connectivity index (χ1v) is 6.04. The number of hydrogen-bond acceptors (Lipinski definition) is 5. The minimum absolute atomic E-state index is 0.325. The first kappa shape index (κ1) is 11.6. The lowest BCUT2D eigenvalue weighted by molar-refractivity contribution is -0.138. The predicted molar refractivity (Wildman–Crippen MR) is 67.5 cm³/mol. The van der Waals surface area contributed by atoms with Gasteiger partial charge in [0.05, 0.1) is 12.3 Å². The number of benzene rings is 1. The molecule has 3 rings (SSSR count). The molecule has 0 unspecified atom stereocenters. The minimum atomic E-state index is -0.325. The number of para-hydroxylation sites is 1. The molecule has 0 N–H and O–H groups in total. The summed E-state index contributed by atoms with van der Waals surface area (Å²) in [5.41, 5.74) is 2.32. The number of hydrogen-bond donors (Lipinski definition) is 0. The highest BCUT2D eigenvalue weighted by molar-refractivity contribution is 5.95. The fraction of sp³-hybridized carbons (Fsp3) is 0.231. The molecule has 0 amide bonds. The number of nitrogens with zero attached hydrogens (tertiary/aromatic N) is 4. The van der Waals surface area contributed by atoms with Gasteiger partial charge in [0.1, 0.15) is 0 Å². The number of aromatic nitrogens is 4. The van der Waals surface area contributed by atoms with E-state index in [1.165, 1.54) is 0 Å². The van der Waals surface area contributed by atoms with E-state index < -0.39 is 0 Å². The summed E-state index contributed by atoms with van der Waals surface area (Å²) >= 11 is 0. The Balaban J connectivity index is 2.13. The van der Waals surface area contributed by atoms with Crippen LogP contribution in [0.15, 0.2) is 29.8 Å². The van der Waals surface area contributed by atoms with Gasteiger partial charge in [0.25, 0.3) is 0 Å². The Morgan fingerprint density at radius 3 is 3.11 bits per heavy atom. The van der Waals surface area contributed by atoms with E-state index in [1.54, 1.807) is 11.6 Å². The highest BCUT2D eigenvalue weighted by atomic mass is 16.5. The standard InChI is InChI=1S/C13H12N4O2/c1-2-19-13(18)10-7-9-5-3-4-6-11(9)17-12(8-10)14-15-16-17/h3-7H,2,8H2,1H3. The van der Waals surface area contributed by atoms with Gasteiger partial charge in [-0.05, 0) is 29.5 Å². The van der Waals surface area contributed by atoms with Crippen LogP contribution in [0.25, 0.3) is 11.8 Å². The zero-order chi connectivity index (χ0) is 13.2. The van der Waals surface area contributed by atoms with Gasteiger partial charge in [-0.1, -0.05) is 18.2 Å². The maximum absolute atomic E-state index is 11.9. The van der Waals surface area contributed by atoms with E-state index in [1.807, 2.05) is 30.3 Å². The second kappa shape index (κ2) is 4.64. The van der Waals surface area contributed by atoms with Gasteiger partial charge >= 0.3 is 5.97 Å². The Kier molecular flexibility index (Phi) is 2.83. The molecule has 1 aromatic heterocycles. The molecule has 1 aromatic carbocycles. The fourth-order valence-corrected chi connectivity index (χ4v) is 2.07. The molecule has 6 heteroatoms. The van der Waals surface area contributed by atoms with E-state index >= 15 is 0 Å². The molecule has 0 fully saturated rings. The van der Waals surface area contributed by atoms with E-state index in [0.29, 0.717) is 24.4 Å². The van der Waals surface area contributed by atoms with Crippen molar-refractivity contribution < 1.29 is 9.53 Å². The van der Waals surface area contributed by atoms with Gasteiger partial charge in [-0.3, -0.25) is 0 Å². The zero-order valence-electron chi connectivity index (χ0n) is 10.4. The van der Waals surface area contributed by atoms with Crippen LogP contribution < -0.4 is 0 Å². The topological polar surface area (TPSA) is 69.9 Å². The molecule has 19 heavy (non-hydrogen) atoms. The number of rotatable bonds is 2. The molecule has 1 aliphatic heterocycles. The van der Waals surface area contributed by atoms with Crippen LogP contribution in [0, 0.1) is 0 Å². The van der Waals surface area contributed by atoms with Crippen LogP contribution in [0.4, 0.5) is 0 Å². The lowest BCUT2D eigenvalue weighted by Crippen LogP contribution is -2.11. The summed E-state index contributed by atoms with van der Waals surface area (Å²) in [6.07, 6.45) is 2.18. The second-order valence-corrected chi connectivity index (χ2v) is 4.13. The van der Waals surface area contributed by atoms with Crippen LogP contribution >= 0.6 is 0 Å². The number of tetrazole rings is 1. The van der Waals surface area contributed by atoms with Crippen molar-refractivity contribution in [2.75, 3.05) is 6.61 Å². The maximum atomic E-state index is 11.9. The van der Waals surface area contributed by atoms with E-state index in [9.17, 15) is 4.79 Å². The molecular weight excluding hydrogens is 244 g/mol. The quantitative estimate of drug-likeness (QED) is 0.754. The Labute approximate surface area is 109 Å². The number of ether oxygens (including phenoxy) is 1. The SMILES string of the molecule is CCOC(=O)C1=Cc2ccccc2-n2nnnc2C1. The summed E-state index contributed by atoms with van der Waals surface area (Å²) in [4.78, 5) is 11.9. The Morgan fingerprint density at radius 2 is 2.26 bits per heavy atom. The van der Waals surface area contributed by atoms with Gasteiger partial charge in [0.15, 0.2) is 5.82 Å². The van der Waals surface area contributed by atoms with Crippen molar-refractivity contribution >= 4 is 12.0 Å². The minimum Gasteiger partial charge on any atom is -0.463 e. The highest BCUT2D eigenvalue weighted by Crippen LogP contribution is 2.24. The Morgan fingerprint density at radius 1 is 1.42 bits per heavy atom. The van der Waals surface area contributed by atoms with Crippen molar-refractivity contribution in [3.63, 3.8) is 0 Å². The third-order valence-electron chi connectivity index (χ3n) is 2.91. The van der Waals surface area contributed by atoms with Crippen LogP contribution in [0.1, 0.15) is 18.3 Å². The van der Waals surface area contributed by atoms with Crippen molar-refractivity contribution in [1.29, 1.82) is 0 Å². The highest BCUT2D eigenvalue weighted by Gasteiger charge is 2.21. The summed E-state index contributed by atoms with van der Waals surface area (Å²) in [7, 11) is 0. The zero-order valence-corrected chi connectivity index (χ0v) is 10.4. The van der Waals surface area contributed by atoms with Crippen molar-refractivity contribution in [3.8, 4) is 5.69 Å². The normalized spacial score (nSPS) is 13.0. The summed E-state index contributed by atoms with van der Waals surface area (Å²) < 4.78 is 6.71. The molecule has 0 saturated carbocycles. The predicted octanol–water partition coefficient (Wildman–Crippen LogP) is 1.16. The van der Waals surface area contributed by atoms with Crippen molar-refractivity contribution in [2.24, 2.45) is 0 Å². The molecule has 0 atom stereocenters. The van der Waals surface area contributed by atoms with Gasteiger partial charge in [-0.25, -0.2) is 4.79 Å². The van der Waals surface area contributed by atoms with E-state index in [4.69, 9.17) is 4.74 Å². The van der Waals surface area contributed by atoms with E-state index in [2.05, 4.69) is 15.5 Å². The monoisotopic (exact) mass is 256 g/mol. The molecule has 2 heterocycles. The summed E-state index contributed by atoms with van der Waals surface area (Å²) in [6, 6.07) is 7.66. The van der Waals surface area contributed by atoms with Crippen molar-refractivity contribution in [3.05, 3.63) is 41.2 Å². The van der Waals surface area contributed by atoms with Crippen LogP contribution in [-0.2, 0) is 16.0 Å². The average molecular weight is 256 g/mol. The fourth-order valence-electron chi connectivity index (χ4n) is 2.07. The van der Waals surface area contributed by atoms with Gasteiger partial charge in [0.2, 0.25) is 0 Å². The third-order valence-corrected chi connectivity index (χ3v) is 2.91. The first-order valence-electron chi connectivity index (χ1n) is 6.04. The van der Waals surface area contributed by atoms with E-state index in [0.717, 1.165) is 11.3 Å². The van der Waals surface area contributed by atoms with Crippen molar-refractivity contribution in [1.82, 2.24) is 20.2 Å². The van der Waals surface area contributed by atoms with E-state index in [-0.39, 0.29) is 5.97 Å². The van der Waals surface area contributed by atoms with Crippen LogP contribution in [0.2, 0.25) is 0 Å². The van der Waals surface area contributed by atoms with Crippen LogP contribution in [0.5, 0.6) is 0 Å². The van der Waals surface area contributed by atoms with Crippen LogP contribution in [-0.4, -0.2) is 32.8 Å². The lowest BCUT2D eigenvalue weighted by Gasteiger charge is -2.03. The lowest BCUT2D eigenvalue weighted by atomic mass is 10.1. The molecule has 0 radical (unpaired) electrons. The average Bonchev–Trinajstić information content (AvgIpc) is 2.81. The van der Waals surface area contributed by atoms with Gasteiger partial charge in [0, 0.05) is 17.6 Å². The molecule has 2 aromatic rings. The summed E-state index contributed by atoms with van der Waals surface area (Å²) in [5.74, 6) is 0.304. The third kappa shape index (κ3) is 2.01. The second-order valence-electron chi connectivity index (χ2n) is 4.13. The maximum Gasteiger partial charge on any atom is 0.334 e. The number of esters is 1. The molecular formula is C13H12N4O2. The van der Waals surface area contributed by atoms with Gasteiger partial charge in [-0.15, -0.1) is 5.10 Å². The van der Waals surface area contributed by atoms with Crippen LogP contribution in [0.3, 0.4) is 0 Å². The molecule has 0 aliphatic carbocycles. The van der Waals surface area contributed by atoms with Crippen molar-refractivity contribution in [2.45, 2.75) is 13.3 Å². The molecule has 1 aliphatic rings. The number of fused-ring (bicyclic) bond motifs is 3. The molecule has 0 spiro atoms. The largest absolute Gasteiger partial charge is 0.463 e. The molecule has 96 valence electrons. The molecule has 0 saturated heterocycles. The molecule has 0 bridgehead atoms. The smallest absolute Gasteiger partial charge is 0.334 e.